The molecule has 1 heterocycles. The van der Waals surface area contributed by atoms with E-state index in [1.54, 1.807) is 12.1 Å². The molecule has 0 radical (unpaired) electrons. The van der Waals surface area contributed by atoms with Gasteiger partial charge in [0, 0.05) is 18.6 Å². The van der Waals surface area contributed by atoms with Crippen LogP contribution in [-0.2, 0) is 13.1 Å². The summed E-state index contributed by atoms with van der Waals surface area (Å²) in [6, 6.07) is 7.08. The standard InChI is InChI=1S/C18H22FN3O2/c1-12(2)20-18(23)16-11-24-17(21-16)10-22(15-7-8-15)9-13-3-5-14(19)6-4-13/h3-6,11-12,15H,7-10H2,1-2H3,(H,20,23). The minimum Gasteiger partial charge on any atom is -0.447 e. The highest BCUT2D eigenvalue weighted by Gasteiger charge is 2.30. The molecule has 0 unspecified atom stereocenters. The van der Waals surface area contributed by atoms with Crippen molar-refractivity contribution in [1.82, 2.24) is 15.2 Å². The van der Waals surface area contributed by atoms with Crippen LogP contribution in [0.1, 0.15) is 48.6 Å². The van der Waals surface area contributed by atoms with Crippen molar-refractivity contribution in [3.8, 4) is 0 Å². The van der Waals surface area contributed by atoms with E-state index in [9.17, 15) is 9.18 Å². The first kappa shape index (κ1) is 16.6. The van der Waals surface area contributed by atoms with Gasteiger partial charge in [-0.25, -0.2) is 9.37 Å². The van der Waals surface area contributed by atoms with Gasteiger partial charge in [0.1, 0.15) is 12.1 Å². The summed E-state index contributed by atoms with van der Waals surface area (Å²) in [6.45, 7) is 5.05. The van der Waals surface area contributed by atoms with Crippen molar-refractivity contribution in [2.75, 3.05) is 0 Å². The van der Waals surface area contributed by atoms with Gasteiger partial charge in [0.15, 0.2) is 5.69 Å². The molecule has 24 heavy (non-hydrogen) atoms. The van der Waals surface area contributed by atoms with Crippen molar-refractivity contribution in [3.63, 3.8) is 0 Å². The summed E-state index contributed by atoms with van der Waals surface area (Å²) in [5, 5.41) is 2.80. The molecule has 3 rings (SSSR count). The average Bonchev–Trinajstić information content (AvgIpc) is 3.27. The number of carbonyl (C=O) groups is 1. The van der Waals surface area contributed by atoms with Gasteiger partial charge >= 0.3 is 0 Å². The van der Waals surface area contributed by atoms with Crippen LogP contribution >= 0.6 is 0 Å². The third kappa shape index (κ3) is 4.41. The molecule has 1 aromatic heterocycles. The van der Waals surface area contributed by atoms with E-state index >= 15 is 0 Å². The molecule has 1 fully saturated rings. The van der Waals surface area contributed by atoms with Gasteiger partial charge in [0.05, 0.1) is 6.54 Å². The van der Waals surface area contributed by atoms with E-state index in [1.807, 2.05) is 13.8 Å². The molecular weight excluding hydrogens is 309 g/mol. The van der Waals surface area contributed by atoms with E-state index in [0.717, 1.165) is 18.4 Å². The number of hydrogen-bond acceptors (Lipinski definition) is 4. The summed E-state index contributed by atoms with van der Waals surface area (Å²) >= 11 is 0. The number of hydrogen-bond donors (Lipinski definition) is 1. The first-order valence-electron chi connectivity index (χ1n) is 8.25. The van der Waals surface area contributed by atoms with Crippen LogP contribution in [0.4, 0.5) is 4.39 Å². The van der Waals surface area contributed by atoms with Crippen LogP contribution in [0.15, 0.2) is 34.9 Å². The fourth-order valence-electron chi connectivity index (χ4n) is 2.58. The van der Waals surface area contributed by atoms with Crippen LogP contribution in [0.2, 0.25) is 0 Å². The van der Waals surface area contributed by atoms with Crippen molar-refractivity contribution in [1.29, 1.82) is 0 Å². The first-order chi connectivity index (χ1) is 11.5. The fraction of sp³-hybridized carbons (Fsp3) is 0.444. The summed E-state index contributed by atoms with van der Waals surface area (Å²) in [6.07, 6.45) is 3.68. The molecule has 6 heteroatoms. The molecule has 2 aromatic rings. The lowest BCUT2D eigenvalue weighted by Crippen LogP contribution is -2.30. The monoisotopic (exact) mass is 331 g/mol. The van der Waals surface area contributed by atoms with Crippen LogP contribution in [0, 0.1) is 5.82 Å². The van der Waals surface area contributed by atoms with Crippen LogP contribution in [0.3, 0.4) is 0 Å². The molecule has 5 nitrogen and oxygen atoms in total. The Morgan fingerprint density at radius 1 is 1.33 bits per heavy atom. The van der Waals surface area contributed by atoms with Gasteiger partial charge in [-0.3, -0.25) is 9.69 Å². The van der Waals surface area contributed by atoms with Gasteiger partial charge in [-0.15, -0.1) is 0 Å². The molecule has 0 spiro atoms. The Morgan fingerprint density at radius 2 is 2.04 bits per heavy atom. The van der Waals surface area contributed by atoms with Gasteiger partial charge in [-0.05, 0) is 44.4 Å². The third-order valence-corrected chi connectivity index (χ3v) is 3.90. The highest BCUT2D eigenvalue weighted by molar-refractivity contribution is 5.92. The van der Waals surface area contributed by atoms with Gasteiger partial charge in [-0.1, -0.05) is 12.1 Å². The zero-order valence-electron chi connectivity index (χ0n) is 14.0. The molecule has 1 saturated carbocycles. The number of nitrogens with zero attached hydrogens (tertiary/aromatic N) is 2. The van der Waals surface area contributed by atoms with E-state index in [-0.39, 0.29) is 17.8 Å². The number of aromatic nitrogens is 1. The summed E-state index contributed by atoms with van der Waals surface area (Å²) < 4.78 is 18.5. The molecule has 0 bridgehead atoms. The van der Waals surface area contributed by atoms with Gasteiger partial charge in [0.25, 0.3) is 5.91 Å². The molecule has 1 aromatic carbocycles. The minimum absolute atomic E-state index is 0.0547. The minimum atomic E-state index is -0.231. The largest absolute Gasteiger partial charge is 0.447 e. The second kappa shape index (κ2) is 7.13. The van der Waals surface area contributed by atoms with Crippen molar-refractivity contribution >= 4 is 5.91 Å². The molecule has 1 N–H and O–H groups in total. The van der Waals surface area contributed by atoms with E-state index < -0.39 is 0 Å². The number of nitrogens with one attached hydrogen (secondary N) is 1. The Bertz CT molecular complexity index is 693. The Labute approximate surface area is 140 Å². The highest BCUT2D eigenvalue weighted by Crippen LogP contribution is 2.29. The zero-order chi connectivity index (χ0) is 17.1. The Kier molecular flexibility index (Phi) is 4.94. The maximum absolute atomic E-state index is 13.0. The quantitative estimate of drug-likeness (QED) is 0.847. The Morgan fingerprint density at radius 3 is 2.67 bits per heavy atom. The van der Waals surface area contributed by atoms with Crippen LogP contribution in [-0.4, -0.2) is 27.9 Å². The number of rotatable bonds is 7. The predicted octanol–water partition coefficient (Wildman–Crippen LogP) is 3.12. The predicted molar refractivity (Wildman–Crippen MR) is 87.8 cm³/mol. The number of benzene rings is 1. The molecule has 0 aliphatic heterocycles. The van der Waals surface area contributed by atoms with Crippen LogP contribution < -0.4 is 5.32 Å². The fourth-order valence-corrected chi connectivity index (χ4v) is 2.58. The summed E-state index contributed by atoms with van der Waals surface area (Å²) in [7, 11) is 0. The molecule has 128 valence electrons. The second-order valence-corrected chi connectivity index (χ2v) is 6.52. The van der Waals surface area contributed by atoms with Crippen LogP contribution in [0.25, 0.3) is 0 Å². The van der Waals surface area contributed by atoms with Gasteiger partial charge in [0.2, 0.25) is 5.89 Å². The topological polar surface area (TPSA) is 58.4 Å². The Balaban J connectivity index is 1.65. The van der Waals surface area contributed by atoms with Gasteiger partial charge in [-0.2, -0.15) is 0 Å². The van der Waals surface area contributed by atoms with Crippen molar-refractivity contribution in [3.05, 3.63) is 53.5 Å². The van der Waals surface area contributed by atoms with Crippen LogP contribution in [0.5, 0.6) is 0 Å². The lowest BCUT2D eigenvalue weighted by Gasteiger charge is -2.20. The number of oxazole rings is 1. The zero-order valence-corrected chi connectivity index (χ0v) is 14.0. The van der Waals surface area contributed by atoms with Crippen molar-refractivity contribution in [2.24, 2.45) is 0 Å². The maximum Gasteiger partial charge on any atom is 0.273 e. The van der Waals surface area contributed by atoms with E-state index in [1.165, 1.54) is 18.4 Å². The number of amides is 1. The molecule has 1 aliphatic rings. The maximum atomic E-state index is 13.0. The third-order valence-electron chi connectivity index (χ3n) is 3.90. The van der Waals surface area contributed by atoms with Crippen molar-refractivity contribution in [2.45, 2.75) is 51.9 Å². The van der Waals surface area contributed by atoms with E-state index in [0.29, 0.717) is 30.7 Å². The first-order valence-corrected chi connectivity index (χ1v) is 8.25. The summed E-state index contributed by atoms with van der Waals surface area (Å²) in [5.74, 6) is 0.0691. The number of halogens is 1. The summed E-state index contributed by atoms with van der Waals surface area (Å²) in [4.78, 5) is 18.5. The SMILES string of the molecule is CC(C)NC(=O)c1coc(CN(Cc2ccc(F)cc2)C2CC2)n1. The normalized spacial score (nSPS) is 14.4. The second-order valence-electron chi connectivity index (χ2n) is 6.52. The molecule has 0 saturated heterocycles. The highest BCUT2D eigenvalue weighted by atomic mass is 19.1. The lowest BCUT2D eigenvalue weighted by molar-refractivity contribution is 0.0938. The van der Waals surface area contributed by atoms with E-state index in [2.05, 4.69) is 15.2 Å². The lowest BCUT2D eigenvalue weighted by atomic mass is 10.2. The molecular formula is C18H22FN3O2. The smallest absolute Gasteiger partial charge is 0.273 e. The molecule has 0 atom stereocenters. The summed E-state index contributed by atoms with van der Waals surface area (Å²) in [5.41, 5.74) is 1.35. The van der Waals surface area contributed by atoms with Crippen molar-refractivity contribution < 1.29 is 13.6 Å². The Hall–Kier alpha value is -2.21. The number of carbonyl (C=O) groups excluding carboxylic acids is 1. The van der Waals surface area contributed by atoms with Gasteiger partial charge < -0.3 is 9.73 Å². The molecule has 1 aliphatic carbocycles. The molecule has 1 amide bonds. The van der Waals surface area contributed by atoms with E-state index in [4.69, 9.17) is 4.42 Å². The average molecular weight is 331 g/mol.